The Morgan fingerprint density at radius 2 is 2.36 bits per heavy atom. The van der Waals surface area contributed by atoms with Gasteiger partial charge in [0.05, 0.1) is 5.56 Å². The van der Waals surface area contributed by atoms with E-state index in [2.05, 4.69) is 0 Å². The molecule has 1 heterocycles. The van der Waals surface area contributed by atoms with Crippen molar-refractivity contribution in [1.29, 1.82) is 0 Å². The standard InChI is InChI=1S/C10H7FOS2/c1-13-9-4-8(11)7(5-12)6-2-3-14-10(6)9/h2-5H,1H3. The fraction of sp³-hybridized carbons (Fsp3) is 0.100. The summed E-state index contributed by atoms with van der Waals surface area (Å²) in [6.45, 7) is 0. The highest BCUT2D eigenvalue weighted by Gasteiger charge is 2.11. The van der Waals surface area contributed by atoms with E-state index in [4.69, 9.17) is 0 Å². The van der Waals surface area contributed by atoms with E-state index in [0.717, 1.165) is 9.60 Å². The topological polar surface area (TPSA) is 17.1 Å². The Hall–Kier alpha value is -0.870. The minimum atomic E-state index is -0.435. The predicted molar refractivity (Wildman–Crippen MR) is 59.0 cm³/mol. The predicted octanol–water partition coefficient (Wildman–Crippen LogP) is 3.57. The van der Waals surface area contributed by atoms with Crippen LogP contribution in [0.2, 0.25) is 0 Å². The second-order valence-electron chi connectivity index (χ2n) is 2.76. The van der Waals surface area contributed by atoms with Crippen molar-refractivity contribution in [3.63, 3.8) is 0 Å². The minimum Gasteiger partial charge on any atom is -0.298 e. The SMILES string of the molecule is CSc1cc(F)c(C=O)c2ccsc12. The Labute approximate surface area is 88.9 Å². The zero-order valence-corrected chi connectivity index (χ0v) is 9.05. The molecule has 0 aliphatic carbocycles. The van der Waals surface area contributed by atoms with Crippen molar-refractivity contribution in [2.75, 3.05) is 6.26 Å². The number of aldehydes is 1. The van der Waals surface area contributed by atoms with E-state index >= 15 is 0 Å². The fourth-order valence-corrected chi connectivity index (χ4v) is 3.10. The van der Waals surface area contributed by atoms with Crippen LogP contribution in [0.5, 0.6) is 0 Å². The largest absolute Gasteiger partial charge is 0.298 e. The highest BCUT2D eigenvalue weighted by molar-refractivity contribution is 7.99. The second-order valence-corrected chi connectivity index (χ2v) is 4.52. The van der Waals surface area contributed by atoms with Gasteiger partial charge in [0.15, 0.2) is 6.29 Å². The molecule has 0 saturated carbocycles. The summed E-state index contributed by atoms with van der Waals surface area (Å²) in [6, 6.07) is 3.21. The first-order valence-electron chi connectivity index (χ1n) is 3.96. The molecule has 1 nitrogen and oxygen atoms in total. The number of halogens is 1. The van der Waals surface area contributed by atoms with Crippen LogP contribution < -0.4 is 0 Å². The Morgan fingerprint density at radius 3 is 3.00 bits per heavy atom. The molecule has 1 aromatic heterocycles. The normalized spacial score (nSPS) is 10.7. The summed E-state index contributed by atoms with van der Waals surface area (Å²) >= 11 is 3.02. The minimum absolute atomic E-state index is 0.166. The highest BCUT2D eigenvalue weighted by Crippen LogP contribution is 2.34. The molecule has 4 heteroatoms. The Balaban J connectivity index is 2.88. The molecule has 1 aromatic carbocycles. The van der Waals surface area contributed by atoms with Gasteiger partial charge in [-0.3, -0.25) is 4.79 Å². The lowest BCUT2D eigenvalue weighted by Gasteiger charge is -2.02. The molecule has 0 N–H and O–H groups in total. The van der Waals surface area contributed by atoms with Crippen LogP contribution in [-0.4, -0.2) is 12.5 Å². The number of carbonyl (C=O) groups excluding carboxylic acids is 1. The summed E-state index contributed by atoms with van der Waals surface area (Å²) in [5.41, 5.74) is 0.166. The van der Waals surface area contributed by atoms with Gasteiger partial charge in [0.1, 0.15) is 5.82 Å². The van der Waals surface area contributed by atoms with Crippen LogP contribution in [0, 0.1) is 5.82 Å². The number of hydrogen-bond acceptors (Lipinski definition) is 3. The number of fused-ring (bicyclic) bond motifs is 1. The fourth-order valence-electron chi connectivity index (χ4n) is 1.37. The first-order valence-corrected chi connectivity index (χ1v) is 6.07. The molecule has 14 heavy (non-hydrogen) atoms. The zero-order valence-electron chi connectivity index (χ0n) is 7.41. The molecular formula is C10H7FOS2. The highest BCUT2D eigenvalue weighted by atomic mass is 32.2. The molecular weight excluding hydrogens is 219 g/mol. The maximum absolute atomic E-state index is 13.4. The number of thiophene rings is 1. The monoisotopic (exact) mass is 226 g/mol. The van der Waals surface area contributed by atoms with Gasteiger partial charge < -0.3 is 0 Å². The molecule has 2 rings (SSSR count). The van der Waals surface area contributed by atoms with Crippen molar-refractivity contribution in [2.45, 2.75) is 4.90 Å². The van der Waals surface area contributed by atoms with Gasteiger partial charge in [0.2, 0.25) is 0 Å². The smallest absolute Gasteiger partial charge is 0.153 e. The van der Waals surface area contributed by atoms with Gasteiger partial charge in [0, 0.05) is 15.0 Å². The van der Waals surface area contributed by atoms with E-state index in [1.54, 1.807) is 6.07 Å². The lowest BCUT2D eigenvalue weighted by molar-refractivity contribution is 0.112. The van der Waals surface area contributed by atoms with E-state index in [1.165, 1.54) is 29.2 Å². The summed E-state index contributed by atoms with van der Waals surface area (Å²) in [5, 5.41) is 2.59. The van der Waals surface area contributed by atoms with Gasteiger partial charge in [-0.05, 0) is 23.8 Å². The van der Waals surface area contributed by atoms with Crippen LogP contribution in [0.25, 0.3) is 10.1 Å². The first kappa shape index (κ1) is 9.68. The van der Waals surface area contributed by atoms with Crippen molar-refractivity contribution in [3.05, 3.63) is 28.9 Å². The number of hydrogen-bond donors (Lipinski definition) is 0. The van der Waals surface area contributed by atoms with Gasteiger partial charge in [-0.25, -0.2) is 4.39 Å². The van der Waals surface area contributed by atoms with Crippen LogP contribution >= 0.6 is 23.1 Å². The maximum atomic E-state index is 13.4. The summed E-state index contributed by atoms with van der Waals surface area (Å²) in [4.78, 5) is 11.6. The average Bonchev–Trinajstić information content (AvgIpc) is 2.65. The van der Waals surface area contributed by atoms with Crippen molar-refractivity contribution in [1.82, 2.24) is 0 Å². The first-order chi connectivity index (χ1) is 6.77. The van der Waals surface area contributed by atoms with Crippen LogP contribution in [0.1, 0.15) is 10.4 Å². The summed E-state index contributed by atoms with van der Waals surface area (Å²) in [7, 11) is 0. The third kappa shape index (κ3) is 1.35. The average molecular weight is 226 g/mol. The molecule has 0 radical (unpaired) electrons. The molecule has 0 saturated heterocycles. The summed E-state index contributed by atoms with van der Waals surface area (Å²) in [6.07, 6.45) is 2.48. The quantitative estimate of drug-likeness (QED) is 0.575. The van der Waals surface area contributed by atoms with Gasteiger partial charge >= 0.3 is 0 Å². The van der Waals surface area contributed by atoms with Crippen LogP contribution in [-0.2, 0) is 0 Å². The molecule has 0 unspecified atom stereocenters. The van der Waals surface area contributed by atoms with E-state index in [0.29, 0.717) is 11.7 Å². The number of benzene rings is 1. The Kier molecular flexibility index (Phi) is 2.56. The molecule has 0 aliphatic rings. The second kappa shape index (κ2) is 3.71. The van der Waals surface area contributed by atoms with E-state index in [-0.39, 0.29) is 5.56 Å². The molecule has 0 atom stereocenters. The lowest BCUT2D eigenvalue weighted by atomic mass is 10.1. The van der Waals surface area contributed by atoms with Gasteiger partial charge in [0.25, 0.3) is 0 Å². The van der Waals surface area contributed by atoms with Crippen LogP contribution in [0.15, 0.2) is 22.4 Å². The summed E-state index contributed by atoms with van der Waals surface area (Å²) < 4.78 is 14.4. The third-order valence-electron chi connectivity index (χ3n) is 2.03. The van der Waals surface area contributed by atoms with Gasteiger partial charge in [-0.15, -0.1) is 23.1 Å². The molecule has 72 valence electrons. The molecule has 2 aromatic rings. The van der Waals surface area contributed by atoms with Crippen molar-refractivity contribution in [2.24, 2.45) is 0 Å². The van der Waals surface area contributed by atoms with Crippen LogP contribution in [0.4, 0.5) is 4.39 Å². The maximum Gasteiger partial charge on any atom is 0.153 e. The molecule has 0 spiro atoms. The van der Waals surface area contributed by atoms with Crippen molar-refractivity contribution in [3.8, 4) is 0 Å². The molecule has 0 amide bonds. The molecule has 0 bridgehead atoms. The van der Waals surface area contributed by atoms with E-state index < -0.39 is 5.82 Å². The Morgan fingerprint density at radius 1 is 1.57 bits per heavy atom. The van der Waals surface area contributed by atoms with Gasteiger partial charge in [-0.1, -0.05) is 0 Å². The van der Waals surface area contributed by atoms with Crippen molar-refractivity contribution >= 4 is 39.5 Å². The number of rotatable bonds is 2. The zero-order chi connectivity index (χ0) is 10.1. The molecule has 0 fully saturated rings. The molecule has 0 aliphatic heterocycles. The van der Waals surface area contributed by atoms with E-state index in [1.807, 2.05) is 11.6 Å². The van der Waals surface area contributed by atoms with E-state index in [9.17, 15) is 9.18 Å². The number of carbonyl (C=O) groups is 1. The van der Waals surface area contributed by atoms with Gasteiger partial charge in [-0.2, -0.15) is 0 Å². The van der Waals surface area contributed by atoms with Crippen LogP contribution in [0.3, 0.4) is 0 Å². The number of thioether (sulfide) groups is 1. The third-order valence-corrected chi connectivity index (χ3v) is 3.87. The van der Waals surface area contributed by atoms with Crippen molar-refractivity contribution < 1.29 is 9.18 Å². The Bertz CT molecular complexity index is 490. The lowest BCUT2D eigenvalue weighted by Crippen LogP contribution is -1.89. The summed E-state index contributed by atoms with van der Waals surface area (Å²) in [5.74, 6) is -0.435.